The molecule has 8 aromatic rings. The highest BCUT2D eigenvalue weighted by atomic mass is 15.0. The van der Waals surface area contributed by atoms with Crippen molar-refractivity contribution >= 4 is 44.1 Å². The Morgan fingerprint density at radius 1 is 0.447 bits per heavy atom. The topological polar surface area (TPSA) is 29.3 Å². The lowest BCUT2D eigenvalue weighted by Gasteiger charge is -2.24. The van der Waals surface area contributed by atoms with Crippen LogP contribution in [0, 0.1) is 0 Å². The zero-order valence-corrected chi connectivity index (χ0v) is 25.7. The highest BCUT2D eigenvalue weighted by molar-refractivity contribution is 6.11. The van der Waals surface area contributed by atoms with E-state index in [9.17, 15) is 0 Å². The largest absolute Gasteiger partial charge is 0.359 e. The molecule has 1 aliphatic heterocycles. The summed E-state index contributed by atoms with van der Waals surface area (Å²) in [7, 11) is 0. The first-order valence-electron chi connectivity index (χ1n) is 16.1. The molecule has 3 heteroatoms. The van der Waals surface area contributed by atoms with E-state index in [-0.39, 0.29) is 6.04 Å². The van der Waals surface area contributed by atoms with Gasteiger partial charge in [-0.15, -0.1) is 0 Å². The molecule has 1 unspecified atom stereocenters. The Morgan fingerprint density at radius 2 is 1.00 bits per heavy atom. The van der Waals surface area contributed by atoms with Crippen LogP contribution in [0.25, 0.3) is 55.1 Å². The van der Waals surface area contributed by atoms with Crippen LogP contribution in [0.5, 0.6) is 0 Å². The van der Waals surface area contributed by atoms with Crippen LogP contribution in [-0.4, -0.2) is 10.4 Å². The van der Waals surface area contributed by atoms with Gasteiger partial charge in [-0.1, -0.05) is 152 Å². The van der Waals surface area contributed by atoms with Gasteiger partial charge >= 0.3 is 0 Å². The van der Waals surface area contributed by atoms with Crippen LogP contribution in [-0.2, 0) is 0 Å². The fourth-order valence-electron chi connectivity index (χ4n) is 7.01. The number of para-hydroxylation sites is 2. The average molecular weight is 602 g/mol. The maximum Gasteiger partial charge on any atom is 0.134 e. The lowest BCUT2D eigenvalue weighted by Crippen LogP contribution is -2.31. The number of rotatable bonds is 5. The van der Waals surface area contributed by atoms with E-state index >= 15 is 0 Å². The summed E-state index contributed by atoms with van der Waals surface area (Å²) in [6, 6.07) is 60.5. The number of nitrogens with zero attached hydrogens (tertiary/aromatic N) is 2. The van der Waals surface area contributed by atoms with Crippen LogP contribution in [0.4, 0.5) is 0 Å². The van der Waals surface area contributed by atoms with Gasteiger partial charge in [0.15, 0.2) is 0 Å². The van der Waals surface area contributed by atoms with Gasteiger partial charge in [-0.25, -0.2) is 4.99 Å². The highest BCUT2D eigenvalue weighted by Gasteiger charge is 2.20. The molecule has 0 saturated heterocycles. The van der Waals surface area contributed by atoms with Gasteiger partial charge in [-0.2, -0.15) is 0 Å². The van der Waals surface area contributed by atoms with Gasteiger partial charge in [-0.3, -0.25) is 0 Å². The number of benzene rings is 7. The van der Waals surface area contributed by atoms with Crippen molar-refractivity contribution in [3.05, 3.63) is 193 Å². The lowest BCUT2D eigenvalue weighted by atomic mass is 9.95. The number of amidine groups is 1. The average Bonchev–Trinajstić information content (AvgIpc) is 3.49. The molecule has 3 nitrogen and oxygen atoms in total. The summed E-state index contributed by atoms with van der Waals surface area (Å²) < 4.78 is 2.41. The van der Waals surface area contributed by atoms with Gasteiger partial charge in [0.05, 0.1) is 28.5 Å². The third-order valence-corrected chi connectivity index (χ3v) is 9.27. The van der Waals surface area contributed by atoms with E-state index in [2.05, 4.69) is 180 Å². The normalized spacial score (nSPS) is 14.6. The first-order valence-corrected chi connectivity index (χ1v) is 16.1. The number of fused-ring (bicyclic) bond motifs is 4. The molecule has 7 aromatic carbocycles. The van der Waals surface area contributed by atoms with Crippen LogP contribution in [0.1, 0.15) is 22.7 Å². The molecule has 1 aromatic heterocycles. The first kappa shape index (κ1) is 27.1. The molecule has 0 radical (unpaired) electrons. The number of hydrogen-bond acceptors (Lipinski definition) is 2. The Kier molecular flexibility index (Phi) is 6.53. The molecule has 1 aliphatic rings. The smallest absolute Gasteiger partial charge is 0.134 e. The number of aliphatic imine (C=N–C) groups is 1. The van der Waals surface area contributed by atoms with E-state index in [0.717, 1.165) is 22.7 Å². The van der Waals surface area contributed by atoms with Gasteiger partial charge in [0.25, 0.3) is 0 Å². The highest BCUT2D eigenvalue weighted by Crippen LogP contribution is 2.38. The van der Waals surface area contributed by atoms with Crippen molar-refractivity contribution in [2.75, 3.05) is 0 Å². The second-order valence-electron chi connectivity index (χ2n) is 12.0. The number of hydrogen-bond donors (Lipinski definition) is 1. The molecule has 9 rings (SSSR count). The Hall–Kier alpha value is -6.19. The van der Waals surface area contributed by atoms with Gasteiger partial charge < -0.3 is 9.88 Å². The van der Waals surface area contributed by atoms with Gasteiger partial charge in [-0.05, 0) is 51.9 Å². The number of nitrogens with one attached hydrogen (secondary N) is 1. The predicted octanol–water partition coefficient (Wildman–Crippen LogP) is 10.7. The van der Waals surface area contributed by atoms with Crippen molar-refractivity contribution in [1.82, 2.24) is 9.88 Å². The molecule has 1 N–H and O–H groups in total. The molecular weight excluding hydrogens is 571 g/mol. The second-order valence-corrected chi connectivity index (χ2v) is 12.0. The van der Waals surface area contributed by atoms with E-state index < -0.39 is 0 Å². The van der Waals surface area contributed by atoms with Gasteiger partial charge in [0.1, 0.15) is 5.84 Å². The van der Waals surface area contributed by atoms with Crippen molar-refractivity contribution in [2.45, 2.75) is 6.04 Å². The van der Waals surface area contributed by atoms with Crippen molar-refractivity contribution in [3.8, 4) is 16.8 Å². The van der Waals surface area contributed by atoms with E-state index in [1.165, 1.54) is 55.0 Å². The van der Waals surface area contributed by atoms with Crippen LogP contribution in [0.15, 0.2) is 181 Å². The molecule has 0 amide bonds. The molecule has 2 heterocycles. The fraction of sp³-hybridized carbons (Fsp3) is 0.0227. The standard InChI is InChI=1S/C44H31N3/c1-3-13-31(14-4-1)39-29-40(46-44(45-39)33-15-5-2-6-16-33)32-25-23-30(24-26-32)34-27-28-43(36-18-8-7-17-35(34)36)47-41-21-11-9-19-37(41)38-20-10-12-22-42(38)47/h1-29,39H,(H,45,46). The number of aromatic nitrogens is 1. The summed E-state index contributed by atoms with van der Waals surface area (Å²) in [4.78, 5) is 5.10. The Bertz CT molecular complexity index is 2420. The lowest BCUT2D eigenvalue weighted by molar-refractivity contribution is 0.781. The Labute approximate surface area is 273 Å². The minimum absolute atomic E-state index is 0.0240. The van der Waals surface area contributed by atoms with Gasteiger partial charge in [0.2, 0.25) is 0 Å². The fourth-order valence-corrected chi connectivity index (χ4v) is 7.01. The minimum atomic E-state index is 0.0240. The summed E-state index contributed by atoms with van der Waals surface area (Å²) >= 11 is 0. The Morgan fingerprint density at radius 3 is 1.68 bits per heavy atom. The van der Waals surface area contributed by atoms with Crippen molar-refractivity contribution in [2.24, 2.45) is 4.99 Å². The third kappa shape index (κ3) is 4.72. The molecule has 0 fully saturated rings. The first-order chi connectivity index (χ1) is 23.3. The molecule has 47 heavy (non-hydrogen) atoms. The van der Waals surface area contributed by atoms with E-state index in [0.29, 0.717) is 0 Å². The quantitative estimate of drug-likeness (QED) is 0.209. The molecule has 0 saturated carbocycles. The molecule has 0 spiro atoms. The predicted molar refractivity (Wildman–Crippen MR) is 197 cm³/mol. The maximum absolute atomic E-state index is 5.10. The maximum atomic E-state index is 5.10. The van der Waals surface area contributed by atoms with Crippen LogP contribution in [0.3, 0.4) is 0 Å². The zero-order chi connectivity index (χ0) is 31.2. The van der Waals surface area contributed by atoms with Crippen molar-refractivity contribution < 1.29 is 0 Å². The van der Waals surface area contributed by atoms with Gasteiger partial charge in [0, 0.05) is 21.7 Å². The van der Waals surface area contributed by atoms with Crippen LogP contribution < -0.4 is 5.32 Å². The minimum Gasteiger partial charge on any atom is -0.359 e. The summed E-state index contributed by atoms with van der Waals surface area (Å²) in [5.41, 5.74) is 10.4. The monoisotopic (exact) mass is 601 g/mol. The molecule has 1 atom stereocenters. The molecule has 0 bridgehead atoms. The van der Waals surface area contributed by atoms with E-state index in [1.807, 2.05) is 6.07 Å². The summed E-state index contributed by atoms with van der Waals surface area (Å²) in [5, 5.41) is 8.65. The van der Waals surface area contributed by atoms with Crippen molar-refractivity contribution in [3.63, 3.8) is 0 Å². The molecule has 0 aliphatic carbocycles. The SMILES string of the molecule is C1=C(c2ccc(-c3ccc(-n4c5ccccc5c5ccccc54)c4ccccc34)cc2)N=C(c2ccccc2)NC1c1ccccc1. The van der Waals surface area contributed by atoms with Crippen LogP contribution >= 0.6 is 0 Å². The van der Waals surface area contributed by atoms with E-state index in [4.69, 9.17) is 4.99 Å². The van der Waals surface area contributed by atoms with E-state index in [1.54, 1.807) is 0 Å². The summed E-state index contributed by atoms with van der Waals surface area (Å²) in [6.45, 7) is 0. The third-order valence-electron chi connectivity index (χ3n) is 9.27. The Balaban J connectivity index is 1.14. The zero-order valence-electron chi connectivity index (χ0n) is 25.7. The second kappa shape index (κ2) is 11.3. The van der Waals surface area contributed by atoms with Crippen LogP contribution in [0.2, 0.25) is 0 Å². The molecule has 222 valence electrons. The summed E-state index contributed by atoms with van der Waals surface area (Å²) in [6.07, 6.45) is 2.23. The molecular formula is C44H31N3. The summed E-state index contributed by atoms with van der Waals surface area (Å²) in [5.74, 6) is 0.882. The van der Waals surface area contributed by atoms with Crippen molar-refractivity contribution in [1.29, 1.82) is 0 Å².